The van der Waals surface area contributed by atoms with Gasteiger partial charge in [0.05, 0.1) is 12.9 Å². The first-order chi connectivity index (χ1) is 11.6. The van der Waals surface area contributed by atoms with Gasteiger partial charge < -0.3 is 18.9 Å². The number of hydrogen-bond acceptors (Lipinski definition) is 4. The van der Waals surface area contributed by atoms with Crippen LogP contribution in [-0.4, -0.2) is 52.8 Å². The molecule has 0 bridgehead atoms. The monoisotopic (exact) mass is 333 g/mol. The van der Waals surface area contributed by atoms with Crippen molar-refractivity contribution in [2.75, 3.05) is 26.8 Å². The van der Waals surface area contributed by atoms with Gasteiger partial charge in [-0.3, -0.25) is 4.79 Å². The molecule has 0 radical (unpaired) electrons. The highest BCUT2D eigenvalue weighted by Crippen LogP contribution is 2.26. The zero-order valence-electron chi connectivity index (χ0n) is 13.5. The first-order valence-electron chi connectivity index (χ1n) is 7.77. The summed E-state index contributed by atoms with van der Waals surface area (Å²) in [6.45, 7) is 1.58. The second-order valence-electron chi connectivity index (χ2n) is 5.93. The van der Waals surface area contributed by atoms with Crippen molar-refractivity contribution in [3.8, 4) is 5.75 Å². The molecular weight excluding hydrogens is 313 g/mol. The lowest BCUT2D eigenvalue weighted by Gasteiger charge is -2.28. The SMILES string of the molecule is CO[C@@]1(COc2cccc(F)c2)CCN(C(=O)Cn2ccnc2)C1. The summed E-state index contributed by atoms with van der Waals surface area (Å²) < 4.78 is 26.3. The van der Waals surface area contributed by atoms with Crippen LogP contribution in [0.5, 0.6) is 5.75 Å². The summed E-state index contributed by atoms with van der Waals surface area (Å²) in [6, 6.07) is 5.99. The van der Waals surface area contributed by atoms with Gasteiger partial charge in [-0.15, -0.1) is 0 Å². The molecule has 1 aromatic carbocycles. The van der Waals surface area contributed by atoms with Crippen LogP contribution in [0.3, 0.4) is 0 Å². The van der Waals surface area contributed by atoms with Gasteiger partial charge in [0, 0.05) is 32.1 Å². The Morgan fingerprint density at radius 1 is 1.46 bits per heavy atom. The van der Waals surface area contributed by atoms with Gasteiger partial charge in [-0.2, -0.15) is 0 Å². The van der Waals surface area contributed by atoms with E-state index in [-0.39, 0.29) is 24.9 Å². The van der Waals surface area contributed by atoms with Crippen LogP contribution in [0.25, 0.3) is 0 Å². The smallest absolute Gasteiger partial charge is 0.242 e. The van der Waals surface area contributed by atoms with Crippen molar-refractivity contribution in [1.82, 2.24) is 14.5 Å². The third kappa shape index (κ3) is 3.73. The van der Waals surface area contributed by atoms with Gasteiger partial charge in [0.1, 0.15) is 30.3 Å². The largest absolute Gasteiger partial charge is 0.490 e. The number of carbonyl (C=O) groups is 1. The van der Waals surface area contributed by atoms with E-state index in [9.17, 15) is 9.18 Å². The van der Waals surface area contributed by atoms with Crippen molar-refractivity contribution in [3.05, 3.63) is 48.8 Å². The van der Waals surface area contributed by atoms with Gasteiger partial charge in [0.25, 0.3) is 0 Å². The Kier molecular flexibility index (Phi) is 4.80. The van der Waals surface area contributed by atoms with E-state index in [0.29, 0.717) is 25.3 Å². The lowest BCUT2D eigenvalue weighted by Crippen LogP contribution is -2.43. The minimum atomic E-state index is -0.573. The molecule has 128 valence electrons. The van der Waals surface area contributed by atoms with Gasteiger partial charge in [0.15, 0.2) is 0 Å². The zero-order valence-corrected chi connectivity index (χ0v) is 13.5. The number of rotatable bonds is 6. The molecule has 24 heavy (non-hydrogen) atoms. The molecule has 7 heteroatoms. The Hall–Kier alpha value is -2.41. The maximum Gasteiger partial charge on any atom is 0.242 e. The molecule has 0 N–H and O–H groups in total. The number of aromatic nitrogens is 2. The van der Waals surface area contributed by atoms with E-state index in [2.05, 4.69) is 4.98 Å². The Morgan fingerprint density at radius 2 is 2.33 bits per heavy atom. The minimum absolute atomic E-state index is 0.0117. The summed E-state index contributed by atoms with van der Waals surface area (Å²) >= 11 is 0. The summed E-state index contributed by atoms with van der Waals surface area (Å²) in [5.74, 6) is 0.120. The topological polar surface area (TPSA) is 56.6 Å². The van der Waals surface area contributed by atoms with Crippen molar-refractivity contribution >= 4 is 5.91 Å². The van der Waals surface area contributed by atoms with Crippen LogP contribution in [0.2, 0.25) is 0 Å². The van der Waals surface area contributed by atoms with E-state index in [0.717, 1.165) is 0 Å². The molecule has 2 heterocycles. The fourth-order valence-electron chi connectivity index (χ4n) is 2.81. The van der Waals surface area contributed by atoms with Gasteiger partial charge >= 0.3 is 0 Å². The zero-order chi connectivity index (χ0) is 17.0. The van der Waals surface area contributed by atoms with E-state index in [1.165, 1.54) is 12.1 Å². The number of carbonyl (C=O) groups excluding carboxylic acids is 1. The summed E-state index contributed by atoms with van der Waals surface area (Å²) in [7, 11) is 1.61. The Labute approximate surface area is 139 Å². The molecule has 0 aliphatic carbocycles. The third-order valence-electron chi connectivity index (χ3n) is 4.28. The lowest BCUT2D eigenvalue weighted by molar-refractivity contribution is -0.132. The number of imidazole rings is 1. The third-order valence-corrected chi connectivity index (χ3v) is 4.28. The van der Waals surface area contributed by atoms with Crippen molar-refractivity contribution in [2.45, 2.75) is 18.6 Å². The van der Waals surface area contributed by atoms with Crippen molar-refractivity contribution in [3.63, 3.8) is 0 Å². The lowest BCUT2D eigenvalue weighted by atomic mass is 10.0. The van der Waals surface area contributed by atoms with Crippen LogP contribution in [0.15, 0.2) is 43.0 Å². The molecule has 0 unspecified atom stereocenters. The van der Waals surface area contributed by atoms with E-state index in [1.54, 1.807) is 47.4 Å². The molecule has 1 atom stereocenters. The molecule has 1 aliphatic rings. The predicted octanol–water partition coefficient (Wildman–Crippen LogP) is 1.72. The molecule has 1 aromatic heterocycles. The average molecular weight is 333 g/mol. The Balaban J connectivity index is 1.59. The summed E-state index contributed by atoms with van der Waals surface area (Å²) in [4.78, 5) is 18.1. The summed E-state index contributed by atoms with van der Waals surface area (Å²) in [5, 5.41) is 0. The van der Waals surface area contributed by atoms with Crippen LogP contribution < -0.4 is 4.74 Å². The van der Waals surface area contributed by atoms with Gasteiger partial charge in [-0.25, -0.2) is 9.37 Å². The van der Waals surface area contributed by atoms with Crippen LogP contribution in [0.4, 0.5) is 4.39 Å². The van der Waals surface area contributed by atoms with Crippen LogP contribution in [-0.2, 0) is 16.1 Å². The molecule has 3 rings (SSSR count). The second-order valence-corrected chi connectivity index (χ2v) is 5.93. The number of ether oxygens (including phenoxy) is 2. The first kappa shape index (κ1) is 16.4. The number of methoxy groups -OCH3 is 1. The van der Waals surface area contributed by atoms with Gasteiger partial charge in [-0.1, -0.05) is 6.07 Å². The molecule has 2 aromatic rings. The number of benzene rings is 1. The summed E-state index contributed by atoms with van der Waals surface area (Å²) in [6.07, 6.45) is 5.69. The first-order valence-corrected chi connectivity index (χ1v) is 7.77. The molecule has 1 fully saturated rings. The van der Waals surface area contributed by atoms with Crippen LogP contribution in [0, 0.1) is 5.82 Å². The van der Waals surface area contributed by atoms with Crippen LogP contribution in [0.1, 0.15) is 6.42 Å². The standard InChI is InChI=1S/C17H20FN3O3/c1-23-17(12-24-15-4-2-3-14(18)9-15)5-7-21(11-17)16(22)10-20-8-6-19-13-20/h2-4,6,8-9,13H,5,7,10-12H2,1H3/t17-/m0/s1. The maximum absolute atomic E-state index is 13.2. The van der Waals surface area contributed by atoms with Crippen LogP contribution >= 0.6 is 0 Å². The quantitative estimate of drug-likeness (QED) is 0.808. The number of amides is 1. The van der Waals surface area contributed by atoms with Crippen molar-refractivity contribution in [1.29, 1.82) is 0 Å². The molecule has 0 spiro atoms. The molecule has 6 nitrogen and oxygen atoms in total. The van der Waals surface area contributed by atoms with Gasteiger partial charge in [-0.05, 0) is 18.6 Å². The van der Waals surface area contributed by atoms with E-state index >= 15 is 0 Å². The average Bonchev–Trinajstić information content (AvgIpc) is 3.23. The molecule has 1 aliphatic heterocycles. The predicted molar refractivity (Wildman–Crippen MR) is 85.1 cm³/mol. The summed E-state index contributed by atoms with van der Waals surface area (Å²) in [5.41, 5.74) is -0.573. The highest BCUT2D eigenvalue weighted by Gasteiger charge is 2.41. The molecule has 1 amide bonds. The van der Waals surface area contributed by atoms with Gasteiger partial charge in [0.2, 0.25) is 5.91 Å². The fraction of sp³-hybridized carbons (Fsp3) is 0.412. The Morgan fingerprint density at radius 3 is 3.04 bits per heavy atom. The van der Waals surface area contributed by atoms with E-state index in [1.807, 2.05) is 0 Å². The highest BCUT2D eigenvalue weighted by atomic mass is 19.1. The molecular formula is C17H20FN3O3. The highest BCUT2D eigenvalue weighted by molar-refractivity contribution is 5.76. The number of hydrogen-bond donors (Lipinski definition) is 0. The number of nitrogens with zero attached hydrogens (tertiary/aromatic N) is 3. The van der Waals surface area contributed by atoms with Crippen molar-refractivity contribution in [2.24, 2.45) is 0 Å². The second kappa shape index (κ2) is 7.00. The normalized spacial score (nSPS) is 20.3. The molecule has 0 saturated carbocycles. The fourth-order valence-corrected chi connectivity index (χ4v) is 2.81. The minimum Gasteiger partial charge on any atom is -0.490 e. The Bertz CT molecular complexity index is 692. The van der Waals surface area contributed by atoms with Crippen molar-refractivity contribution < 1.29 is 18.7 Å². The van der Waals surface area contributed by atoms with E-state index < -0.39 is 5.60 Å². The maximum atomic E-state index is 13.2. The number of halogens is 1. The number of likely N-dealkylation sites (tertiary alicyclic amines) is 1. The molecule has 1 saturated heterocycles. The van der Waals surface area contributed by atoms with E-state index in [4.69, 9.17) is 9.47 Å².